The van der Waals surface area contributed by atoms with Crippen LogP contribution in [0.3, 0.4) is 0 Å². The average molecular weight is 467 g/mol. The first-order valence-electron chi connectivity index (χ1n) is 12.0. The molecule has 2 aromatic carbocycles. The number of aryl methyl sites for hydroxylation is 1. The number of carbonyl (C=O) groups is 1. The Kier molecular flexibility index (Phi) is 8.98. The van der Waals surface area contributed by atoms with E-state index in [1.54, 1.807) is 16.8 Å². The van der Waals surface area contributed by atoms with E-state index in [-0.39, 0.29) is 5.91 Å². The number of guanidine groups is 1. The van der Waals surface area contributed by atoms with E-state index >= 15 is 0 Å². The molecule has 0 radical (unpaired) electrons. The molecule has 33 heavy (non-hydrogen) atoms. The molecule has 1 unspecified atom stereocenters. The van der Waals surface area contributed by atoms with Crippen molar-refractivity contribution < 1.29 is 4.79 Å². The van der Waals surface area contributed by atoms with Crippen molar-refractivity contribution in [3.05, 3.63) is 65.2 Å². The van der Waals surface area contributed by atoms with Crippen LogP contribution in [0.5, 0.6) is 0 Å². The summed E-state index contributed by atoms with van der Waals surface area (Å²) in [6.45, 7) is 9.54. The molecular formula is C27H38N4OS. The number of nitrogens with one attached hydrogen (secondary N) is 1. The summed E-state index contributed by atoms with van der Waals surface area (Å²) in [5.74, 6) is 0.692. The van der Waals surface area contributed by atoms with Crippen molar-refractivity contribution in [3.8, 4) is 0 Å². The summed E-state index contributed by atoms with van der Waals surface area (Å²) < 4.78 is 3.44. The standard InChI is InChI=1S/C27H38N4OS/c1-5-6-7-8-21-13-15-24(16-14-21)33-29-18-22-9-11-23(12-10-22)19-31-25(32)27(4,17-20(2)3)30-26(31)28/h9-16,20,29H,5-8,17-19H2,1-4H3,(H2,28,30). The van der Waals surface area contributed by atoms with Gasteiger partial charge in [-0.2, -0.15) is 0 Å². The largest absolute Gasteiger partial charge is 0.369 e. The molecule has 0 fully saturated rings. The number of nitrogens with two attached hydrogens (primary N) is 1. The monoisotopic (exact) mass is 466 g/mol. The van der Waals surface area contributed by atoms with Crippen molar-refractivity contribution in [2.45, 2.75) is 83.3 Å². The predicted molar refractivity (Wildman–Crippen MR) is 139 cm³/mol. The normalized spacial score (nSPS) is 18.3. The van der Waals surface area contributed by atoms with Crippen LogP contribution in [0.1, 0.15) is 70.1 Å². The number of unbranched alkanes of at least 4 members (excludes halogenated alkanes) is 2. The number of nitrogens with zero attached hydrogens (tertiary/aromatic N) is 2. The number of rotatable bonds is 12. The van der Waals surface area contributed by atoms with Crippen LogP contribution in [0, 0.1) is 5.92 Å². The molecule has 0 aromatic heterocycles. The zero-order valence-electron chi connectivity index (χ0n) is 20.4. The summed E-state index contributed by atoms with van der Waals surface area (Å²) in [7, 11) is 0. The van der Waals surface area contributed by atoms with Gasteiger partial charge in [-0.1, -0.05) is 70.0 Å². The molecule has 1 aliphatic heterocycles. The van der Waals surface area contributed by atoms with Gasteiger partial charge in [0.25, 0.3) is 5.91 Å². The van der Waals surface area contributed by atoms with Crippen LogP contribution < -0.4 is 10.5 Å². The van der Waals surface area contributed by atoms with Crippen LogP contribution in [0.4, 0.5) is 0 Å². The summed E-state index contributed by atoms with van der Waals surface area (Å²) in [5.41, 5.74) is 9.01. The Morgan fingerprint density at radius 3 is 2.30 bits per heavy atom. The molecule has 2 aromatic rings. The maximum absolute atomic E-state index is 12.9. The Balaban J connectivity index is 1.47. The molecule has 0 bridgehead atoms. The Bertz CT molecular complexity index is 940. The molecule has 6 heteroatoms. The van der Waals surface area contributed by atoms with E-state index in [4.69, 9.17) is 5.73 Å². The minimum atomic E-state index is -0.743. The highest BCUT2D eigenvalue weighted by atomic mass is 32.2. The minimum Gasteiger partial charge on any atom is -0.369 e. The van der Waals surface area contributed by atoms with E-state index in [2.05, 4.69) is 79.0 Å². The molecule has 0 aliphatic carbocycles. The van der Waals surface area contributed by atoms with Gasteiger partial charge in [-0.05, 0) is 72.9 Å². The van der Waals surface area contributed by atoms with Crippen molar-refractivity contribution in [3.63, 3.8) is 0 Å². The van der Waals surface area contributed by atoms with Crippen LogP contribution >= 0.6 is 11.9 Å². The first-order valence-corrected chi connectivity index (χ1v) is 12.9. The summed E-state index contributed by atoms with van der Waals surface area (Å²) in [6, 6.07) is 17.2. The molecule has 1 heterocycles. The van der Waals surface area contributed by atoms with E-state index in [0.717, 1.165) is 18.5 Å². The third kappa shape index (κ3) is 7.08. The molecular weight excluding hydrogens is 428 g/mol. The molecule has 3 N–H and O–H groups in total. The fraction of sp³-hybridized carbons (Fsp3) is 0.481. The highest BCUT2D eigenvalue weighted by Crippen LogP contribution is 2.29. The smallest absolute Gasteiger partial charge is 0.257 e. The molecule has 5 nitrogen and oxygen atoms in total. The number of amides is 1. The van der Waals surface area contributed by atoms with E-state index in [0.29, 0.717) is 24.8 Å². The second-order valence-electron chi connectivity index (χ2n) is 9.57. The second-order valence-corrected chi connectivity index (χ2v) is 10.5. The number of benzene rings is 2. The third-order valence-corrected chi connectivity index (χ3v) is 6.77. The summed E-state index contributed by atoms with van der Waals surface area (Å²) in [5, 5.41) is 0. The van der Waals surface area contributed by atoms with Crippen molar-refractivity contribution in [2.24, 2.45) is 16.6 Å². The lowest BCUT2D eigenvalue weighted by atomic mass is 9.91. The van der Waals surface area contributed by atoms with Crippen LogP contribution in [-0.4, -0.2) is 22.3 Å². The van der Waals surface area contributed by atoms with Crippen molar-refractivity contribution in [2.75, 3.05) is 0 Å². The molecule has 3 rings (SSSR count). The Morgan fingerprint density at radius 1 is 1.03 bits per heavy atom. The third-order valence-electron chi connectivity index (χ3n) is 5.97. The molecule has 1 atom stereocenters. The molecule has 0 saturated carbocycles. The highest BCUT2D eigenvalue weighted by molar-refractivity contribution is 7.97. The molecule has 0 spiro atoms. The maximum atomic E-state index is 12.9. The number of hydrogen-bond acceptors (Lipinski definition) is 5. The van der Waals surface area contributed by atoms with Crippen LogP contribution in [-0.2, 0) is 24.3 Å². The summed E-state index contributed by atoms with van der Waals surface area (Å²) >= 11 is 1.65. The van der Waals surface area contributed by atoms with Crippen LogP contribution in [0.25, 0.3) is 0 Å². The lowest BCUT2D eigenvalue weighted by Gasteiger charge is -2.23. The second kappa shape index (κ2) is 11.7. The van der Waals surface area contributed by atoms with Gasteiger partial charge in [0.1, 0.15) is 5.54 Å². The number of hydrogen-bond donors (Lipinski definition) is 2. The SMILES string of the molecule is CCCCCc1ccc(SNCc2ccc(CN3C(=O)C(C)(CC(C)C)N=C3N)cc2)cc1. The van der Waals surface area contributed by atoms with Crippen LogP contribution in [0.2, 0.25) is 0 Å². The first kappa shape index (κ1) is 25.3. The van der Waals surface area contributed by atoms with Gasteiger partial charge in [0.05, 0.1) is 6.54 Å². The zero-order valence-corrected chi connectivity index (χ0v) is 21.3. The van der Waals surface area contributed by atoms with Gasteiger partial charge in [-0.15, -0.1) is 0 Å². The maximum Gasteiger partial charge on any atom is 0.257 e. The summed E-state index contributed by atoms with van der Waals surface area (Å²) in [4.78, 5) is 20.2. The Morgan fingerprint density at radius 2 is 1.67 bits per heavy atom. The first-order chi connectivity index (χ1) is 15.8. The van der Waals surface area contributed by atoms with Crippen molar-refractivity contribution in [1.82, 2.24) is 9.62 Å². The number of aliphatic imine (C=N–C) groups is 1. The molecule has 1 amide bonds. The summed E-state index contributed by atoms with van der Waals surface area (Å²) in [6.07, 6.45) is 5.68. The highest BCUT2D eigenvalue weighted by Gasteiger charge is 2.43. The predicted octanol–water partition coefficient (Wildman–Crippen LogP) is 5.68. The fourth-order valence-corrected chi connectivity index (χ4v) is 4.97. The van der Waals surface area contributed by atoms with Gasteiger partial charge in [-0.3, -0.25) is 14.4 Å². The van der Waals surface area contributed by atoms with E-state index < -0.39 is 5.54 Å². The average Bonchev–Trinajstić information content (AvgIpc) is 2.98. The molecule has 1 aliphatic rings. The Hall–Kier alpha value is -2.31. The lowest BCUT2D eigenvalue weighted by molar-refractivity contribution is -0.131. The van der Waals surface area contributed by atoms with E-state index in [1.807, 2.05) is 6.92 Å². The van der Waals surface area contributed by atoms with Gasteiger partial charge in [0.15, 0.2) is 5.96 Å². The fourth-order valence-electron chi connectivity index (χ4n) is 4.29. The van der Waals surface area contributed by atoms with Crippen molar-refractivity contribution in [1.29, 1.82) is 0 Å². The van der Waals surface area contributed by atoms with E-state index in [9.17, 15) is 4.79 Å². The van der Waals surface area contributed by atoms with Gasteiger partial charge in [0, 0.05) is 11.4 Å². The quantitative estimate of drug-likeness (QED) is 0.312. The Labute approximate surface area is 203 Å². The van der Waals surface area contributed by atoms with E-state index in [1.165, 1.54) is 35.3 Å². The zero-order chi connectivity index (χ0) is 23.8. The lowest BCUT2D eigenvalue weighted by Crippen LogP contribution is -2.43. The molecule has 178 valence electrons. The van der Waals surface area contributed by atoms with Gasteiger partial charge < -0.3 is 5.73 Å². The number of carbonyl (C=O) groups excluding carboxylic acids is 1. The van der Waals surface area contributed by atoms with Gasteiger partial charge in [0.2, 0.25) is 0 Å². The van der Waals surface area contributed by atoms with Crippen molar-refractivity contribution >= 4 is 23.8 Å². The van der Waals surface area contributed by atoms with Crippen LogP contribution in [0.15, 0.2) is 58.4 Å². The van der Waals surface area contributed by atoms with Gasteiger partial charge >= 0.3 is 0 Å². The minimum absolute atomic E-state index is 0.00720. The van der Waals surface area contributed by atoms with Gasteiger partial charge in [-0.25, -0.2) is 4.99 Å². The molecule has 0 saturated heterocycles. The topological polar surface area (TPSA) is 70.7 Å².